The molecule has 2 atom stereocenters. The summed E-state index contributed by atoms with van der Waals surface area (Å²) in [7, 11) is 0. The molecule has 1 aliphatic heterocycles. The third-order valence-electron chi connectivity index (χ3n) is 3.03. The van der Waals surface area contributed by atoms with Gasteiger partial charge < -0.3 is 10.6 Å². The topological polar surface area (TPSA) is 41.1 Å². The lowest BCUT2D eigenvalue weighted by Gasteiger charge is -2.24. The number of hydrogen-bond donors (Lipinski definition) is 2. The fourth-order valence-electron chi connectivity index (χ4n) is 1.99. The van der Waals surface area contributed by atoms with Crippen molar-refractivity contribution in [1.29, 1.82) is 0 Å². The van der Waals surface area contributed by atoms with Gasteiger partial charge in [0.2, 0.25) is 5.91 Å². The Balaban J connectivity index is 1.86. The maximum Gasteiger partial charge on any atom is 0.237 e. The van der Waals surface area contributed by atoms with Gasteiger partial charge in [0.15, 0.2) is 0 Å². The Bertz CT molecular complexity index is 331. The number of amides is 1. The van der Waals surface area contributed by atoms with Crippen molar-refractivity contribution in [3.8, 4) is 0 Å². The molecule has 2 N–H and O–H groups in total. The number of carbonyl (C=O) groups excluding carboxylic acids is 1. The van der Waals surface area contributed by atoms with Gasteiger partial charge in [0.1, 0.15) is 0 Å². The molecule has 1 saturated heterocycles. The van der Waals surface area contributed by atoms with Crippen molar-refractivity contribution in [2.24, 2.45) is 0 Å². The molecule has 0 radical (unpaired) electrons. The van der Waals surface area contributed by atoms with E-state index in [9.17, 15) is 4.79 Å². The van der Waals surface area contributed by atoms with Gasteiger partial charge in [0.05, 0.1) is 12.1 Å². The van der Waals surface area contributed by atoms with Crippen LogP contribution in [0.4, 0.5) is 0 Å². The maximum atomic E-state index is 11.9. The molecule has 16 heavy (non-hydrogen) atoms. The first kappa shape index (κ1) is 11.6. The van der Waals surface area contributed by atoms with Crippen molar-refractivity contribution in [3.63, 3.8) is 0 Å². The van der Waals surface area contributed by atoms with Crippen LogP contribution in [0.25, 0.3) is 0 Å². The smallest absolute Gasteiger partial charge is 0.237 e. The zero-order valence-electron chi connectivity index (χ0n) is 9.53. The minimum Gasteiger partial charge on any atom is -0.348 e. The minimum absolute atomic E-state index is 0.00911. The van der Waals surface area contributed by atoms with Crippen molar-refractivity contribution >= 4 is 17.2 Å². The fraction of sp³-hybridized carbons (Fsp3) is 0.583. The van der Waals surface area contributed by atoms with Gasteiger partial charge in [-0.25, -0.2) is 0 Å². The van der Waals surface area contributed by atoms with Gasteiger partial charge in [-0.05, 0) is 48.7 Å². The van der Waals surface area contributed by atoms with Crippen LogP contribution in [0.15, 0.2) is 16.8 Å². The molecular weight excluding hydrogens is 220 g/mol. The molecule has 0 bridgehead atoms. The average molecular weight is 238 g/mol. The summed E-state index contributed by atoms with van der Waals surface area (Å²) >= 11 is 1.66. The molecular formula is C12H18N2OS. The number of nitrogens with one attached hydrogen (secondary N) is 2. The van der Waals surface area contributed by atoms with Crippen molar-refractivity contribution < 1.29 is 4.79 Å². The molecule has 0 aliphatic carbocycles. The predicted molar refractivity (Wildman–Crippen MR) is 66.5 cm³/mol. The molecule has 1 unspecified atom stereocenters. The first-order valence-electron chi connectivity index (χ1n) is 5.83. The number of carbonyl (C=O) groups is 1. The molecule has 2 rings (SSSR count). The second-order valence-corrected chi connectivity index (χ2v) is 5.07. The number of piperidine rings is 1. The zero-order valence-corrected chi connectivity index (χ0v) is 10.3. The SMILES string of the molecule is CC(NC(=O)[C@H]1CCCCN1)c1ccsc1. The summed E-state index contributed by atoms with van der Waals surface area (Å²) < 4.78 is 0. The van der Waals surface area contributed by atoms with E-state index in [2.05, 4.69) is 22.1 Å². The predicted octanol–water partition coefficient (Wildman–Crippen LogP) is 2.07. The van der Waals surface area contributed by atoms with E-state index in [0.29, 0.717) is 0 Å². The monoisotopic (exact) mass is 238 g/mol. The molecule has 4 heteroatoms. The Labute approximate surface area is 100 Å². The van der Waals surface area contributed by atoms with Gasteiger partial charge in [-0.3, -0.25) is 4.79 Å². The van der Waals surface area contributed by atoms with Gasteiger partial charge in [0, 0.05) is 0 Å². The summed E-state index contributed by atoms with van der Waals surface area (Å²) in [5, 5.41) is 10.4. The van der Waals surface area contributed by atoms with Crippen LogP contribution < -0.4 is 10.6 Å². The third kappa shape index (κ3) is 2.83. The van der Waals surface area contributed by atoms with Crippen LogP contribution in [0.2, 0.25) is 0 Å². The lowest BCUT2D eigenvalue weighted by atomic mass is 10.0. The zero-order chi connectivity index (χ0) is 11.4. The number of hydrogen-bond acceptors (Lipinski definition) is 3. The van der Waals surface area contributed by atoms with Crippen molar-refractivity contribution in [1.82, 2.24) is 10.6 Å². The largest absolute Gasteiger partial charge is 0.348 e. The minimum atomic E-state index is 0.00911. The van der Waals surface area contributed by atoms with E-state index in [-0.39, 0.29) is 18.0 Å². The average Bonchev–Trinajstić information content (AvgIpc) is 2.83. The first-order valence-corrected chi connectivity index (χ1v) is 6.77. The second kappa shape index (κ2) is 5.46. The normalized spacial score (nSPS) is 22.7. The van der Waals surface area contributed by atoms with E-state index in [1.165, 1.54) is 12.0 Å². The second-order valence-electron chi connectivity index (χ2n) is 4.29. The number of thiophene rings is 1. The molecule has 0 spiro atoms. The molecule has 88 valence electrons. The van der Waals surface area contributed by atoms with Crippen molar-refractivity contribution in [2.75, 3.05) is 6.54 Å². The lowest BCUT2D eigenvalue weighted by Crippen LogP contribution is -2.47. The molecule has 0 aromatic carbocycles. The van der Waals surface area contributed by atoms with E-state index in [0.717, 1.165) is 19.4 Å². The molecule has 2 heterocycles. The molecule has 3 nitrogen and oxygen atoms in total. The molecule has 1 fully saturated rings. The Hall–Kier alpha value is -0.870. The van der Waals surface area contributed by atoms with Crippen molar-refractivity contribution in [2.45, 2.75) is 38.3 Å². The van der Waals surface area contributed by atoms with Crippen molar-refractivity contribution in [3.05, 3.63) is 22.4 Å². The summed E-state index contributed by atoms with van der Waals surface area (Å²) in [6, 6.07) is 2.18. The summed E-state index contributed by atoms with van der Waals surface area (Å²) in [6.45, 7) is 2.99. The Morgan fingerprint density at radius 1 is 1.62 bits per heavy atom. The summed E-state index contributed by atoms with van der Waals surface area (Å²) in [4.78, 5) is 11.9. The van der Waals surface area contributed by atoms with Gasteiger partial charge in [-0.2, -0.15) is 11.3 Å². The van der Waals surface area contributed by atoms with Crippen LogP contribution in [0.1, 0.15) is 37.8 Å². The standard InChI is InChI=1S/C12H18N2OS/c1-9(10-5-7-16-8-10)14-12(15)11-4-2-3-6-13-11/h5,7-9,11,13H,2-4,6H2,1H3,(H,14,15)/t9?,11-/m1/s1. The van der Waals surface area contributed by atoms with Crippen LogP contribution in [0.5, 0.6) is 0 Å². The van der Waals surface area contributed by atoms with Crippen LogP contribution >= 0.6 is 11.3 Å². The van der Waals surface area contributed by atoms with Gasteiger partial charge in [0.25, 0.3) is 0 Å². The third-order valence-corrected chi connectivity index (χ3v) is 3.73. The highest BCUT2D eigenvalue weighted by molar-refractivity contribution is 7.07. The molecule has 1 amide bonds. The Morgan fingerprint density at radius 3 is 3.12 bits per heavy atom. The lowest BCUT2D eigenvalue weighted by molar-refractivity contribution is -0.124. The summed E-state index contributed by atoms with van der Waals surface area (Å²) in [5.41, 5.74) is 1.19. The van der Waals surface area contributed by atoms with Gasteiger partial charge >= 0.3 is 0 Å². The van der Waals surface area contributed by atoms with Crippen LogP contribution in [-0.2, 0) is 4.79 Å². The van der Waals surface area contributed by atoms with Crippen LogP contribution in [0.3, 0.4) is 0 Å². The van der Waals surface area contributed by atoms with Gasteiger partial charge in [-0.15, -0.1) is 0 Å². The van der Waals surface area contributed by atoms with E-state index in [1.54, 1.807) is 11.3 Å². The highest BCUT2D eigenvalue weighted by Crippen LogP contribution is 2.16. The molecule has 0 saturated carbocycles. The highest BCUT2D eigenvalue weighted by Gasteiger charge is 2.21. The molecule has 1 aliphatic rings. The van der Waals surface area contributed by atoms with E-state index < -0.39 is 0 Å². The molecule has 1 aromatic heterocycles. The summed E-state index contributed by atoms with van der Waals surface area (Å²) in [5.74, 6) is 0.137. The van der Waals surface area contributed by atoms with Gasteiger partial charge in [-0.1, -0.05) is 6.42 Å². The fourth-order valence-corrected chi connectivity index (χ4v) is 2.75. The van der Waals surface area contributed by atoms with E-state index in [1.807, 2.05) is 12.3 Å². The van der Waals surface area contributed by atoms with E-state index in [4.69, 9.17) is 0 Å². The van der Waals surface area contributed by atoms with Crippen LogP contribution in [0, 0.1) is 0 Å². The number of rotatable bonds is 3. The highest BCUT2D eigenvalue weighted by atomic mass is 32.1. The van der Waals surface area contributed by atoms with Crippen LogP contribution in [-0.4, -0.2) is 18.5 Å². The Morgan fingerprint density at radius 2 is 2.50 bits per heavy atom. The molecule has 1 aromatic rings. The maximum absolute atomic E-state index is 11.9. The van der Waals surface area contributed by atoms with E-state index >= 15 is 0 Å². The first-order chi connectivity index (χ1) is 7.77. The Kier molecular flexibility index (Phi) is 3.96. The summed E-state index contributed by atoms with van der Waals surface area (Å²) in [6.07, 6.45) is 3.30. The quantitative estimate of drug-likeness (QED) is 0.846.